The van der Waals surface area contributed by atoms with Gasteiger partial charge in [-0.1, -0.05) is 0 Å². The van der Waals surface area contributed by atoms with Gasteiger partial charge in [0.2, 0.25) is 5.95 Å². The first-order valence-corrected chi connectivity index (χ1v) is 12.1. The molecule has 0 bridgehead atoms. The smallest absolute Gasteiger partial charge is 0.256 e. The van der Waals surface area contributed by atoms with Crippen LogP contribution in [0.2, 0.25) is 0 Å². The van der Waals surface area contributed by atoms with E-state index in [0.29, 0.717) is 47.0 Å². The minimum Gasteiger partial charge on any atom is -0.389 e. The Morgan fingerprint density at radius 2 is 2.11 bits per heavy atom. The summed E-state index contributed by atoms with van der Waals surface area (Å²) in [5, 5.41) is 19.5. The number of nitrogens with one attached hydrogen (secondary N) is 1. The van der Waals surface area contributed by atoms with Crippen molar-refractivity contribution in [3.63, 3.8) is 0 Å². The van der Waals surface area contributed by atoms with Crippen LogP contribution in [0.5, 0.6) is 0 Å². The lowest BCUT2D eigenvalue weighted by molar-refractivity contribution is -0.117. The van der Waals surface area contributed by atoms with E-state index in [1.165, 1.54) is 4.57 Å². The average Bonchev–Trinajstić information content (AvgIpc) is 3.33. The normalized spacial score (nSPS) is 18.2. The summed E-state index contributed by atoms with van der Waals surface area (Å²) in [7, 11) is 0. The van der Waals surface area contributed by atoms with E-state index < -0.39 is 19.1 Å². The number of halogens is 2. The molecule has 0 amide bonds. The van der Waals surface area contributed by atoms with E-state index in [-0.39, 0.29) is 18.3 Å². The molecule has 1 saturated carbocycles. The van der Waals surface area contributed by atoms with Gasteiger partial charge in [0.1, 0.15) is 0 Å². The summed E-state index contributed by atoms with van der Waals surface area (Å²) in [6, 6.07) is 6.98. The molecule has 10 nitrogen and oxygen atoms in total. The highest BCUT2D eigenvalue weighted by atomic mass is 19.3. The highest BCUT2D eigenvalue weighted by Crippen LogP contribution is 2.36. The number of rotatable bonds is 9. The first-order valence-electron chi connectivity index (χ1n) is 12.1. The fourth-order valence-electron chi connectivity index (χ4n) is 4.52. The number of ketones is 1. The van der Waals surface area contributed by atoms with Crippen LogP contribution in [0.25, 0.3) is 16.7 Å². The molecule has 1 unspecified atom stereocenters. The van der Waals surface area contributed by atoms with Crippen LogP contribution in [0.3, 0.4) is 0 Å². The number of Topliss-reactive ketones (excluding diaryl/α,β-unsaturated/α-hetero) is 1. The zero-order valence-corrected chi connectivity index (χ0v) is 19.8. The van der Waals surface area contributed by atoms with E-state index in [1.54, 1.807) is 52.6 Å². The standard InChI is InChI=1S/C25H25F2N7O3/c26-22(27)13-32-12-20(24(36)16-1-2-16)19-7-17(3-4-21(19)32)30-25-28-6-5-23(31-25)34-10-15(8-29-34)9-33-11-18(35)14-37-33/h3-8,10,12,16,18,22,35H,1-2,9,11,13-14H2,(H,28,30,31). The number of carbonyl (C=O) groups is 1. The van der Waals surface area contributed by atoms with Gasteiger partial charge in [0.15, 0.2) is 11.6 Å². The third kappa shape index (κ3) is 5.08. The monoisotopic (exact) mass is 509 g/mol. The lowest BCUT2D eigenvalue weighted by atomic mass is 10.1. The third-order valence-corrected chi connectivity index (χ3v) is 6.42. The number of benzene rings is 1. The largest absolute Gasteiger partial charge is 0.389 e. The highest BCUT2D eigenvalue weighted by Gasteiger charge is 2.32. The molecule has 0 spiro atoms. The van der Waals surface area contributed by atoms with Crippen molar-refractivity contribution in [3.8, 4) is 5.82 Å². The van der Waals surface area contributed by atoms with Crippen LogP contribution < -0.4 is 5.32 Å². The predicted octanol–water partition coefficient (Wildman–Crippen LogP) is 3.33. The summed E-state index contributed by atoms with van der Waals surface area (Å²) in [5.74, 6) is 0.835. The van der Waals surface area contributed by atoms with Crippen molar-refractivity contribution in [2.75, 3.05) is 18.5 Å². The molecule has 1 saturated heterocycles. The quantitative estimate of drug-likeness (QED) is 0.331. The number of fused-ring (bicyclic) bond motifs is 1. The molecule has 3 aromatic heterocycles. The summed E-state index contributed by atoms with van der Waals surface area (Å²) < 4.78 is 29.3. The minimum absolute atomic E-state index is 0.00302. The molecular formula is C25H25F2N7O3. The Bertz CT molecular complexity index is 1450. The van der Waals surface area contributed by atoms with Crippen molar-refractivity contribution in [2.24, 2.45) is 5.92 Å². The van der Waals surface area contributed by atoms with Crippen molar-refractivity contribution in [1.29, 1.82) is 0 Å². The lowest BCUT2D eigenvalue weighted by Gasteiger charge is -2.11. The Morgan fingerprint density at radius 3 is 2.86 bits per heavy atom. The first kappa shape index (κ1) is 23.6. The summed E-state index contributed by atoms with van der Waals surface area (Å²) in [5.41, 5.74) is 2.59. The molecule has 6 rings (SSSR count). The van der Waals surface area contributed by atoms with E-state index >= 15 is 0 Å². The first-order chi connectivity index (χ1) is 17.9. The van der Waals surface area contributed by atoms with Gasteiger partial charge in [0, 0.05) is 58.3 Å². The number of hydroxylamine groups is 2. The van der Waals surface area contributed by atoms with E-state index in [4.69, 9.17) is 4.84 Å². The molecule has 1 aliphatic heterocycles. The molecule has 0 radical (unpaired) electrons. The molecule has 1 aliphatic carbocycles. The second-order valence-corrected chi connectivity index (χ2v) is 9.39. The lowest BCUT2D eigenvalue weighted by Crippen LogP contribution is -2.20. The van der Waals surface area contributed by atoms with Crippen LogP contribution in [0, 0.1) is 5.92 Å². The number of hydrogen-bond acceptors (Lipinski definition) is 8. The molecule has 12 heteroatoms. The van der Waals surface area contributed by atoms with Crippen LogP contribution in [0.1, 0.15) is 28.8 Å². The van der Waals surface area contributed by atoms with Crippen LogP contribution >= 0.6 is 0 Å². The molecule has 2 N–H and O–H groups in total. The van der Waals surface area contributed by atoms with E-state index in [0.717, 1.165) is 18.4 Å². The number of carbonyl (C=O) groups excluding carboxylic acids is 1. The van der Waals surface area contributed by atoms with E-state index in [1.807, 2.05) is 6.20 Å². The Balaban J connectivity index is 1.23. The number of aliphatic hydroxyl groups excluding tert-OH is 1. The molecule has 4 aromatic rings. The SMILES string of the molecule is O=C(c1cn(CC(F)F)c2ccc(Nc3nccc(-n4cc(CN5CC(O)CO5)cn4)n3)cc12)C1CC1. The van der Waals surface area contributed by atoms with Crippen LogP contribution in [-0.2, 0) is 17.9 Å². The zero-order valence-electron chi connectivity index (χ0n) is 19.8. The van der Waals surface area contributed by atoms with Gasteiger partial charge in [0.05, 0.1) is 38.5 Å². The van der Waals surface area contributed by atoms with Crippen molar-refractivity contribution >= 4 is 28.3 Å². The maximum Gasteiger partial charge on any atom is 0.256 e. The van der Waals surface area contributed by atoms with Gasteiger partial charge in [-0.05, 0) is 31.0 Å². The van der Waals surface area contributed by atoms with Gasteiger partial charge in [-0.15, -0.1) is 0 Å². The second kappa shape index (κ2) is 9.61. The molecule has 37 heavy (non-hydrogen) atoms. The fraction of sp³-hybridized carbons (Fsp3) is 0.360. The minimum atomic E-state index is -2.52. The van der Waals surface area contributed by atoms with Gasteiger partial charge in [-0.3, -0.25) is 9.63 Å². The van der Waals surface area contributed by atoms with Gasteiger partial charge < -0.3 is 15.0 Å². The molecule has 192 valence electrons. The van der Waals surface area contributed by atoms with Gasteiger partial charge in [-0.2, -0.15) is 15.1 Å². The number of hydrogen-bond donors (Lipinski definition) is 2. The Hall–Kier alpha value is -3.74. The molecule has 4 heterocycles. The topological polar surface area (TPSA) is 110 Å². The zero-order chi connectivity index (χ0) is 25.5. The maximum absolute atomic E-state index is 13.1. The molecule has 2 fully saturated rings. The molecule has 1 atom stereocenters. The van der Waals surface area contributed by atoms with Crippen molar-refractivity contribution in [2.45, 2.75) is 38.5 Å². The number of β-amino-alcohol motifs (C(OH)–C–C–N with tert-alkyl or cyclic N) is 1. The third-order valence-electron chi connectivity index (χ3n) is 6.42. The summed E-state index contributed by atoms with van der Waals surface area (Å²) in [6.45, 7) is 0.744. The predicted molar refractivity (Wildman–Crippen MR) is 130 cm³/mol. The van der Waals surface area contributed by atoms with E-state index in [2.05, 4.69) is 20.4 Å². The number of nitrogens with zero attached hydrogens (tertiary/aromatic N) is 6. The summed E-state index contributed by atoms with van der Waals surface area (Å²) >= 11 is 0. The summed E-state index contributed by atoms with van der Waals surface area (Å²) in [4.78, 5) is 27.1. The number of aromatic nitrogens is 5. The Labute approximate surface area is 210 Å². The molecule has 2 aliphatic rings. The second-order valence-electron chi connectivity index (χ2n) is 9.39. The Kier molecular flexibility index (Phi) is 6.14. The van der Waals surface area contributed by atoms with Crippen LogP contribution in [-0.4, -0.2) is 65.9 Å². The van der Waals surface area contributed by atoms with Gasteiger partial charge >= 0.3 is 0 Å². The maximum atomic E-state index is 13.1. The van der Waals surface area contributed by atoms with Crippen LogP contribution in [0.15, 0.2) is 49.1 Å². The average molecular weight is 510 g/mol. The highest BCUT2D eigenvalue weighted by molar-refractivity contribution is 6.10. The molecular weight excluding hydrogens is 484 g/mol. The van der Waals surface area contributed by atoms with Gasteiger partial charge in [-0.25, -0.2) is 18.4 Å². The van der Waals surface area contributed by atoms with Crippen molar-refractivity contribution in [3.05, 3.63) is 60.2 Å². The molecule has 1 aromatic carbocycles. The number of anilines is 2. The van der Waals surface area contributed by atoms with Crippen molar-refractivity contribution in [1.82, 2.24) is 29.4 Å². The van der Waals surface area contributed by atoms with Gasteiger partial charge in [0.25, 0.3) is 6.43 Å². The van der Waals surface area contributed by atoms with Crippen molar-refractivity contribution < 1.29 is 23.5 Å². The summed E-state index contributed by atoms with van der Waals surface area (Å²) in [6.07, 6.45) is 5.34. The Morgan fingerprint density at radius 1 is 1.24 bits per heavy atom. The number of alkyl halides is 2. The van der Waals surface area contributed by atoms with Crippen LogP contribution in [0.4, 0.5) is 20.4 Å². The number of aliphatic hydroxyl groups is 1. The van der Waals surface area contributed by atoms with E-state index in [9.17, 15) is 18.7 Å². The fourth-order valence-corrected chi connectivity index (χ4v) is 4.52.